The summed E-state index contributed by atoms with van der Waals surface area (Å²) in [6, 6.07) is 53.4. The number of para-hydroxylation sites is 1. The minimum Gasteiger partial charge on any atom is -0.277 e. The molecular formula is C41H28N4. The zero-order valence-corrected chi connectivity index (χ0v) is 24.5. The second-order valence-corrected chi connectivity index (χ2v) is 11.6. The van der Waals surface area contributed by atoms with Crippen LogP contribution in [-0.2, 0) is 6.42 Å². The van der Waals surface area contributed by atoms with E-state index in [1.807, 2.05) is 36.4 Å². The van der Waals surface area contributed by atoms with Crippen LogP contribution in [0.15, 0.2) is 152 Å². The van der Waals surface area contributed by atoms with E-state index in [0.29, 0.717) is 17.6 Å². The highest BCUT2D eigenvalue weighted by atomic mass is 15.2. The highest BCUT2D eigenvalue weighted by molar-refractivity contribution is 6.12. The van der Waals surface area contributed by atoms with Gasteiger partial charge in [-0.1, -0.05) is 146 Å². The predicted molar refractivity (Wildman–Crippen MR) is 182 cm³/mol. The van der Waals surface area contributed by atoms with Gasteiger partial charge in [0.05, 0.1) is 11.0 Å². The molecule has 1 aliphatic carbocycles. The van der Waals surface area contributed by atoms with Crippen LogP contribution in [0.2, 0.25) is 0 Å². The summed E-state index contributed by atoms with van der Waals surface area (Å²) < 4.78 is 2.28. The first-order chi connectivity index (χ1) is 22.3. The van der Waals surface area contributed by atoms with Crippen molar-refractivity contribution >= 4 is 21.8 Å². The Morgan fingerprint density at radius 2 is 1.09 bits per heavy atom. The summed E-state index contributed by atoms with van der Waals surface area (Å²) in [5.74, 6) is 2.17. The number of fused-ring (bicyclic) bond motifs is 7. The molecule has 0 spiro atoms. The van der Waals surface area contributed by atoms with Crippen LogP contribution in [0.25, 0.3) is 61.7 Å². The summed E-state index contributed by atoms with van der Waals surface area (Å²) in [6.07, 6.45) is 0.881. The Morgan fingerprint density at radius 1 is 0.489 bits per heavy atom. The van der Waals surface area contributed by atoms with Crippen molar-refractivity contribution in [1.29, 1.82) is 0 Å². The zero-order chi connectivity index (χ0) is 29.7. The summed E-state index contributed by atoms with van der Waals surface area (Å²) in [5.41, 5.74) is 10.7. The summed E-state index contributed by atoms with van der Waals surface area (Å²) in [4.78, 5) is 15.3. The first-order valence-electron chi connectivity index (χ1n) is 15.4. The lowest BCUT2D eigenvalue weighted by Crippen LogP contribution is -2.14. The largest absolute Gasteiger partial charge is 0.277 e. The molecule has 9 rings (SSSR count). The third-order valence-corrected chi connectivity index (χ3v) is 9.07. The van der Waals surface area contributed by atoms with Gasteiger partial charge < -0.3 is 0 Å². The van der Waals surface area contributed by atoms with Gasteiger partial charge in [0.2, 0.25) is 5.95 Å². The Labute approximate surface area is 261 Å². The molecule has 2 aromatic heterocycles. The van der Waals surface area contributed by atoms with E-state index in [1.165, 1.54) is 38.6 Å². The first-order valence-corrected chi connectivity index (χ1v) is 15.4. The van der Waals surface area contributed by atoms with Gasteiger partial charge in [-0.3, -0.25) is 4.57 Å². The maximum atomic E-state index is 5.18. The van der Waals surface area contributed by atoms with E-state index in [1.54, 1.807) is 0 Å². The molecule has 0 fully saturated rings. The van der Waals surface area contributed by atoms with Crippen LogP contribution in [-0.4, -0.2) is 19.5 Å². The van der Waals surface area contributed by atoms with Gasteiger partial charge in [0, 0.05) is 27.8 Å². The maximum absolute atomic E-state index is 5.18. The average molecular weight is 577 g/mol. The van der Waals surface area contributed by atoms with Gasteiger partial charge in [0.15, 0.2) is 11.6 Å². The van der Waals surface area contributed by atoms with Crippen molar-refractivity contribution < 1.29 is 0 Å². The fourth-order valence-electron chi connectivity index (χ4n) is 7.03. The minimum absolute atomic E-state index is 0.241. The van der Waals surface area contributed by atoms with Gasteiger partial charge in [-0.15, -0.1) is 0 Å². The van der Waals surface area contributed by atoms with E-state index in [-0.39, 0.29) is 5.92 Å². The predicted octanol–water partition coefficient (Wildman–Crippen LogP) is 9.66. The third kappa shape index (κ3) is 4.18. The molecule has 0 N–H and O–H groups in total. The van der Waals surface area contributed by atoms with Crippen LogP contribution in [0.3, 0.4) is 0 Å². The van der Waals surface area contributed by atoms with Crippen molar-refractivity contribution in [3.05, 3.63) is 168 Å². The third-order valence-electron chi connectivity index (χ3n) is 9.07. The van der Waals surface area contributed by atoms with Crippen molar-refractivity contribution in [3.8, 4) is 39.9 Å². The molecular weight excluding hydrogens is 548 g/mol. The molecule has 1 aliphatic rings. The van der Waals surface area contributed by atoms with Gasteiger partial charge in [-0.05, 0) is 40.3 Å². The number of hydrogen-bond acceptors (Lipinski definition) is 3. The van der Waals surface area contributed by atoms with Crippen LogP contribution < -0.4 is 0 Å². The van der Waals surface area contributed by atoms with Crippen LogP contribution >= 0.6 is 0 Å². The Morgan fingerprint density at radius 3 is 1.80 bits per heavy atom. The lowest BCUT2D eigenvalue weighted by Gasteiger charge is -2.29. The molecule has 1 unspecified atom stereocenters. The smallest absolute Gasteiger partial charge is 0.238 e. The lowest BCUT2D eigenvalue weighted by molar-refractivity contribution is 0.794. The Kier molecular flexibility index (Phi) is 5.91. The van der Waals surface area contributed by atoms with Crippen molar-refractivity contribution in [3.63, 3.8) is 0 Å². The second kappa shape index (κ2) is 10.4. The molecule has 0 saturated carbocycles. The van der Waals surface area contributed by atoms with Crippen LogP contribution in [0, 0.1) is 0 Å². The molecule has 0 aliphatic heterocycles. The van der Waals surface area contributed by atoms with Crippen LogP contribution in [0.5, 0.6) is 0 Å². The van der Waals surface area contributed by atoms with Gasteiger partial charge >= 0.3 is 0 Å². The Hall–Kier alpha value is -5.87. The van der Waals surface area contributed by atoms with Crippen LogP contribution in [0.1, 0.15) is 22.6 Å². The molecule has 0 saturated heterocycles. The number of hydrogen-bond donors (Lipinski definition) is 0. The molecule has 4 nitrogen and oxygen atoms in total. The van der Waals surface area contributed by atoms with E-state index in [0.717, 1.165) is 28.6 Å². The molecule has 0 bridgehead atoms. The zero-order valence-electron chi connectivity index (χ0n) is 24.5. The minimum atomic E-state index is 0.241. The first kappa shape index (κ1) is 25.6. The van der Waals surface area contributed by atoms with Crippen molar-refractivity contribution in [2.45, 2.75) is 12.3 Å². The molecule has 0 radical (unpaired) electrons. The average Bonchev–Trinajstić information content (AvgIpc) is 3.47. The lowest BCUT2D eigenvalue weighted by atomic mass is 9.75. The van der Waals surface area contributed by atoms with E-state index in [9.17, 15) is 0 Å². The Bertz CT molecular complexity index is 2280. The van der Waals surface area contributed by atoms with E-state index < -0.39 is 0 Å². The number of benzene rings is 6. The topological polar surface area (TPSA) is 43.6 Å². The monoisotopic (exact) mass is 576 g/mol. The Balaban J connectivity index is 1.37. The van der Waals surface area contributed by atoms with Gasteiger partial charge in [0.25, 0.3) is 0 Å². The van der Waals surface area contributed by atoms with Gasteiger partial charge in [-0.25, -0.2) is 4.98 Å². The van der Waals surface area contributed by atoms with Gasteiger partial charge in [-0.2, -0.15) is 9.97 Å². The summed E-state index contributed by atoms with van der Waals surface area (Å²) in [6.45, 7) is 0. The van der Waals surface area contributed by atoms with Crippen molar-refractivity contribution in [2.75, 3.05) is 0 Å². The molecule has 212 valence electrons. The fourth-order valence-corrected chi connectivity index (χ4v) is 7.03. The summed E-state index contributed by atoms with van der Waals surface area (Å²) >= 11 is 0. The summed E-state index contributed by atoms with van der Waals surface area (Å²) in [5, 5.41) is 2.40. The van der Waals surface area contributed by atoms with Crippen LogP contribution in [0.4, 0.5) is 0 Å². The molecule has 1 atom stereocenters. The molecule has 0 amide bonds. The molecule has 45 heavy (non-hydrogen) atoms. The molecule has 6 aromatic carbocycles. The van der Waals surface area contributed by atoms with Crippen molar-refractivity contribution in [2.24, 2.45) is 0 Å². The van der Waals surface area contributed by atoms with Gasteiger partial charge in [0.1, 0.15) is 0 Å². The number of rotatable bonds is 4. The standard InChI is InChI=1S/C41H28N4/c1-4-14-27(15-5-1)35-26-36-32(30-20-10-11-21-31(30)35)24-25-34-33-22-12-13-23-37(33)45(38(34)36)41-43-39(28-16-6-2-7-17-28)42-40(44-41)29-18-8-3-9-19-29/h1-25,35H,26H2. The normalized spacial score (nSPS) is 13.9. The van der Waals surface area contributed by atoms with Crippen molar-refractivity contribution in [1.82, 2.24) is 19.5 Å². The fraction of sp³-hybridized carbons (Fsp3) is 0.0488. The maximum Gasteiger partial charge on any atom is 0.238 e. The SMILES string of the molecule is c1ccc(-c2nc(-c3ccccc3)nc(-n3c4ccccc4c4ccc5c(c43)CC(c3ccccc3)c3ccccc3-5)n2)cc1. The summed E-state index contributed by atoms with van der Waals surface area (Å²) in [7, 11) is 0. The van der Waals surface area contributed by atoms with E-state index >= 15 is 0 Å². The quantitative estimate of drug-likeness (QED) is 0.209. The molecule has 8 aromatic rings. The molecule has 2 heterocycles. The number of aromatic nitrogens is 4. The van der Waals surface area contributed by atoms with E-state index in [2.05, 4.69) is 120 Å². The highest BCUT2D eigenvalue weighted by Gasteiger charge is 2.30. The van der Waals surface area contributed by atoms with E-state index in [4.69, 9.17) is 15.0 Å². The number of nitrogens with zero attached hydrogens (tertiary/aromatic N) is 4. The molecule has 4 heteroatoms. The highest BCUT2D eigenvalue weighted by Crippen LogP contribution is 2.47. The second-order valence-electron chi connectivity index (χ2n) is 11.6.